The highest BCUT2D eigenvalue weighted by Crippen LogP contribution is 2.25. The van der Waals surface area contributed by atoms with E-state index in [1.54, 1.807) is 24.3 Å². The highest BCUT2D eigenvalue weighted by Gasteiger charge is 2.38. The largest absolute Gasteiger partial charge is 0.352 e. The summed E-state index contributed by atoms with van der Waals surface area (Å²) in [5.74, 6) is -0.960. The van der Waals surface area contributed by atoms with Crippen molar-refractivity contribution < 1.29 is 34.8 Å². The van der Waals surface area contributed by atoms with Gasteiger partial charge in [-0.2, -0.15) is 4.31 Å². The first-order chi connectivity index (χ1) is 18.2. The average molecular weight is 601 g/mol. The molecular formula is C24H32N4O8S3. The summed E-state index contributed by atoms with van der Waals surface area (Å²) >= 11 is 0. The van der Waals surface area contributed by atoms with Crippen LogP contribution in [0.3, 0.4) is 0 Å². The third kappa shape index (κ3) is 8.57. The Balaban J connectivity index is 1.75. The van der Waals surface area contributed by atoms with Crippen molar-refractivity contribution in [2.45, 2.75) is 49.2 Å². The van der Waals surface area contributed by atoms with Crippen molar-refractivity contribution in [1.82, 2.24) is 19.7 Å². The molecule has 0 unspecified atom stereocenters. The molecule has 1 atom stereocenters. The Labute approximate surface area is 229 Å². The first-order valence-corrected chi connectivity index (χ1v) is 16.8. The zero-order valence-corrected chi connectivity index (χ0v) is 24.0. The van der Waals surface area contributed by atoms with Crippen LogP contribution in [0.2, 0.25) is 0 Å². The van der Waals surface area contributed by atoms with Crippen molar-refractivity contribution in [3.8, 4) is 0 Å². The Morgan fingerprint density at radius 2 is 1.33 bits per heavy atom. The molecule has 0 aromatic heterocycles. The summed E-state index contributed by atoms with van der Waals surface area (Å²) in [5.41, 5.74) is 1.38. The summed E-state index contributed by atoms with van der Waals surface area (Å²) < 4.78 is 80.3. The lowest BCUT2D eigenvalue weighted by atomic mass is 10.2. The Kier molecular flexibility index (Phi) is 9.88. The Hall–Kier alpha value is -2.85. The number of benzene rings is 2. The minimum Gasteiger partial charge on any atom is -0.352 e. The molecule has 3 N–H and O–H groups in total. The minimum absolute atomic E-state index is 0.0401. The first-order valence-electron chi connectivity index (χ1n) is 12.1. The van der Waals surface area contributed by atoms with Gasteiger partial charge in [-0.05, 0) is 41.8 Å². The van der Waals surface area contributed by atoms with Gasteiger partial charge in [0.25, 0.3) is 0 Å². The van der Waals surface area contributed by atoms with E-state index in [4.69, 9.17) is 0 Å². The molecule has 0 spiro atoms. The van der Waals surface area contributed by atoms with E-state index in [-0.39, 0.29) is 65.7 Å². The second kappa shape index (κ2) is 12.6. The van der Waals surface area contributed by atoms with Crippen LogP contribution >= 0.6 is 0 Å². The van der Waals surface area contributed by atoms with E-state index in [1.807, 2.05) is 0 Å². The van der Waals surface area contributed by atoms with E-state index in [0.717, 1.165) is 4.31 Å². The van der Waals surface area contributed by atoms with Crippen molar-refractivity contribution in [3.05, 3.63) is 59.7 Å². The second-order valence-corrected chi connectivity index (χ2v) is 15.1. The Morgan fingerprint density at radius 3 is 1.77 bits per heavy atom. The fraction of sp³-hybridized carbons (Fsp3) is 0.417. The molecule has 1 aliphatic heterocycles. The standard InChI is InChI=1S/C24H32N4O8S3/c1-18(29)25-15-20-3-7-23(8-4-20)38(33,34)27-12-13-28(22-11-14-37(31,32)17-22)39(35,36)24-9-5-21(6-10-24)16-26-19(2)30/h3-10,22,27H,11-17H2,1-2H3,(H,25,29)(H,26,30)/t22-/m1/s1. The lowest BCUT2D eigenvalue weighted by molar-refractivity contribution is -0.120. The maximum atomic E-state index is 13.5. The van der Waals surface area contributed by atoms with Crippen molar-refractivity contribution >= 4 is 41.7 Å². The van der Waals surface area contributed by atoms with Gasteiger partial charge < -0.3 is 10.6 Å². The van der Waals surface area contributed by atoms with Gasteiger partial charge in [-0.1, -0.05) is 24.3 Å². The smallest absolute Gasteiger partial charge is 0.243 e. The van der Waals surface area contributed by atoms with Gasteiger partial charge in [0.2, 0.25) is 31.9 Å². The molecule has 2 aromatic carbocycles. The Bertz CT molecular complexity index is 1510. The zero-order chi connectivity index (χ0) is 28.8. The SMILES string of the molecule is CC(=O)NCc1ccc(S(=O)(=O)NCCN([C@@H]2CCS(=O)(=O)C2)S(=O)(=O)c2ccc(CNC(C)=O)cc2)cc1. The summed E-state index contributed by atoms with van der Waals surface area (Å²) in [7, 11) is -11.6. The van der Waals surface area contributed by atoms with Gasteiger partial charge in [-0.15, -0.1) is 0 Å². The van der Waals surface area contributed by atoms with Crippen LogP contribution in [-0.2, 0) is 52.6 Å². The predicted molar refractivity (Wildman–Crippen MR) is 144 cm³/mol. The lowest BCUT2D eigenvalue weighted by Gasteiger charge is -2.27. The van der Waals surface area contributed by atoms with Crippen molar-refractivity contribution in [3.63, 3.8) is 0 Å². The topological polar surface area (TPSA) is 176 Å². The molecule has 0 radical (unpaired) electrons. The number of rotatable bonds is 12. The number of sulfone groups is 1. The van der Waals surface area contributed by atoms with E-state index in [1.165, 1.54) is 38.1 Å². The molecule has 12 nitrogen and oxygen atoms in total. The van der Waals surface area contributed by atoms with E-state index >= 15 is 0 Å². The van der Waals surface area contributed by atoms with Crippen LogP contribution in [0.5, 0.6) is 0 Å². The third-order valence-corrected chi connectivity index (χ3v) is 11.3. The second-order valence-electron chi connectivity index (χ2n) is 9.18. The van der Waals surface area contributed by atoms with Gasteiger partial charge in [0.1, 0.15) is 0 Å². The van der Waals surface area contributed by atoms with Gasteiger partial charge in [0, 0.05) is 46.1 Å². The van der Waals surface area contributed by atoms with Crippen LogP contribution in [0.25, 0.3) is 0 Å². The molecule has 15 heteroatoms. The van der Waals surface area contributed by atoms with Gasteiger partial charge in [0.05, 0.1) is 21.3 Å². The monoisotopic (exact) mass is 600 g/mol. The van der Waals surface area contributed by atoms with Crippen molar-refractivity contribution in [2.75, 3.05) is 24.6 Å². The van der Waals surface area contributed by atoms with E-state index in [0.29, 0.717) is 11.1 Å². The van der Waals surface area contributed by atoms with Crippen LogP contribution in [0, 0.1) is 0 Å². The summed E-state index contributed by atoms with van der Waals surface area (Å²) in [6.45, 7) is 2.63. The van der Waals surface area contributed by atoms with Gasteiger partial charge in [0.15, 0.2) is 9.84 Å². The molecule has 0 aliphatic carbocycles. The molecule has 2 aromatic rings. The number of carbonyl (C=O) groups is 2. The molecule has 2 amide bonds. The average Bonchev–Trinajstić information content (AvgIpc) is 3.23. The van der Waals surface area contributed by atoms with E-state index in [9.17, 15) is 34.8 Å². The molecule has 0 bridgehead atoms. The third-order valence-electron chi connectivity index (χ3n) is 6.09. The molecule has 1 saturated heterocycles. The van der Waals surface area contributed by atoms with Crippen LogP contribution in [0.1, 0.15) is 31.4 Å². The fourth-order valence-electron chi connectivity index (χ4n) is 4.03. The quantitative estimate of drug-likeness (QED) is 0.308. The number of nitrogens with one attached hydrogen (secondary N) is 3. The maximum absolute atomic E-state index is 13.5. The highest BCUT2D eigenvalue weighted by atomic mass is 32.2. The normalized spacial score (nSPS) is 17.2. The first kappa shape index (κ1) is 30.7. The van der Waals surface area contributed by atoms with Crippen molar-refractivity contribution in [1.29, 1.82) is 0 Å². The van der Waals surface area contributed by atoms with Gasteiger partial charge in [-0.3, -0.25) is 9.59 Å². The molecular weight excluding hydrogens is 568 g/mol. The number of hydrogen-bond acceptors (Lipinski definition) is 8. The Morgan fingerprint density at radius 1 is 0.846 bits per heavy atom. The minimum atomic E-state index is -4.17. The molecule has 39 heavy (non-hydrogen) atoms. The fourth-order valence-corrected chi connectivity index (χ4v) is 8.53. The summed E-state index contributed by atoms with van der Waals surface area (Å²) in [4.78, 5) is 22.1. The highest BCUT2D eigenvalue weighted by molar-refractivity contribution is 7.92. The molecule has 1 fully saturated rings. The predicted octanol–water partition coefficient (Wildman–Crippen LogP) is 0.115. The summed E-state index contributed by atoms with van der Waals surface area (Å²) in [6, 6.07) is 10.9. The number of sulfonamides is 2. The van der Waals surface area contributed by atoms with Crippen LogP contribution < -0.4 is 15.4 Å². The van der Waals surface area contributed by atoms with Gasteiger partial charge in [-0.25, -0.2) is 30.0 Å². The molecule has 214 valence electrons. The van der Waals surface area contributed by atoms with E-state index in [2.05, 4.69) is 15.4 Å². The van der Waals surface area contributed by atoms with Crippen LogP contribution in [0.4, 0.5) is 0 Å². The van der Waals surface area contributed by atoms with Crippen LogP contribution in [0.15, 0.2) is 58.3 Å². The summed E-state index contributed by atoms with van der Waals surface area (Å²) in [6.07, 6.45) is 0.102. The lowest BCUT2D eigenvalue weighted by Crippen LogP contribution is -2.45. The van der Waals surface area contributed by atoms with Gasteiger partial charge >= 0.3 is 0 Å². The molecule has 1 heterocycles. The zero-order valence-electron chi connectivity index (χ0n) is 21.6. The number of amides is 2. The summed E-state index contributed by atoms with van der Waals surface area (Å²) in [5, 5.41) is 5.23. The van der Waals surface area contributed by atoms with E-state index < -0.39 is 35.9 Å². The molecule has 1 aliphatic rings. The number of nitrogens with zero attached hydrogens (tertiary/aromatic N) is 1. The van der Waals surface area contributed by atoms with Crippen molar-refractivity contribution in [2.24, 2.45) is 0 Å². The van der Waals surface area contributed by atoms with Crippen LogP contribution in [-0.4, -0.2) is 72.0 Å². The number of carbonyl (C=O) groups excluding carboxylic acids is 2. The molecule has 3 rings (SSSR count). The maximum Gasteiger partial charge on any atom is 0.243 e. The molecule has 0 saturated carbocycles. The number of hydrogen-bond donors (Lipinski definition) is 3.